The number of rotatable bonds is 7. The number of nitrogens with zero attached hydrogens (tertiary/aromatic N) is 1. The Morgan fingerprint density at radius 1 is 1.16 bits per heavy atom. The molecule has 108 valence electrons. The van der Waals surface area contributed by atoms with Crippen molar-refractivity contribution in [1.29, 1.82) is 0 Å². The SMILES string of the molecule is CCC(c1cccc(OC(C)C)c1)C(C)CN(C)C. The van der Waals surface area contributed by atoms with Crippen molar-refractivity contribution in [3.05, 3.63) is 29.8 Å². The second-order valence-corrected chi connectivity index (χ2v) is 5.99. The molecule has 0 aliphatic heterocycles. The number of benzene rings is 1. The highest BCUT2D eigenvalue weighted by Crippen LogP contribution is 2.30. The largest absolute Gasteiger partial charge is 0.491 e. The molecule has 0 saturated heterocycles. The highest BCUT2D eigenvalue weighted by atomic mass is 16.5. The van der Waals surface area contributed by atoms with Crippen LogP contribution < -0.4 is 4.74 Å². The highest BCUT2D eigenvalue weighted by Gasteiger charge is 2.18. The standard InChI is InChI=1S/C17H29NO/c1-7-17(14(4)12-18(5)6)15-9-8-10-16(11-15)19-13(2)3/h8-11,13-14,17H,7,12H2,1-6H3. The summed E-state index contributed by atoms with van der Waals surface area (Å²) in [5.74, 6) is 2.23. The first-order chi connectivity index (χ1) is 8.93. The number of ether oxygens (including phenoxy) is 1. The van der Waals surface area contributed by atoms with Gasteiger partial charge in [0.2, 0.25) is 0 Å². The fraction of sp³-hybridized carbons (Fsp3) is 0.647. The van der Waals surface area contributed by atoms with Crippen LogP contribution in [0.1, 0.15) is 45.6 Å². The molecule has 0 spiro atoms. The minimum atomic E-state index is 0.231. The molecule has 0 N–H and O–H groups in total. The number of hydrogen-bond acceptors (Lipinski definition) is 2. The van der Waals surface area contributed by atoms with Gasteiger partial charge >= 0.3 is 0 Å². The fourth-order valence-electron chi connectivity index (χ4n) is 2.76. The summed E-state index contributed by atoms with van der Waals surface area (Å²) in [6.07, 6.45) is 1.40. The van der Waals surface area contributed by atoms with E-state index in [1.807, 2.05) is 6.07 Å². The summed E-state index contributed by atoms with van der Waals surface area (Å²) in [6.45, 7) is 9.86. The van der Waals surface area contributed by atoms with Crippen LogP contribution in [0.15, 0.2) is 24.3 Å². The van der Waals surface area contributed by atoms with Gasteiger partial charge in [0.15, 0.2) is 0 Å². The normalized spacial score (nSPS) is 14.7. The third-order valence-corrected chi connectivity index (χ3v) is 3.44. The van der Waals surface area contributed by atoms with Crippen molar-refractivity contribution in [1.82, 2.24) is 4.90 Å². The minimum absolute atomic E-state index is 0.231. The zero-order valence-electron chi connectivity index (χ0n) is 13.3. The molecule has 0 aliphatic carbocycles. The Kier molecular flexibility index (Phi) is 6.36. The lowest BCUT2D eigenvalue weighted by Crippen LogP contribution is -2.24. The minimum Gasteiger partial charge on any atom is -0.491 e. The van der Waals surface area contributed by atoms with Gasteiger partial charge in [0.05, 0.1) is 6.10 Å². The molecule has 2 unspecified atom stereocenters. The molecule has 0 amide bonds. The average Bonchev–Trinajstić information content (AvgIpc) is 2.28. The van der Waals surface area contributed by atoms with Crippen LogP contribution in [-0.2, 0) is 0 Å². The molecule has 0 saturated carbocycles. The molecule has 0 bridgehead atoms. The summed E-state index contributed by atoms with van der Waals surface area (Å²) in [5, 5.41) is 0. The van der Waals surface area contributed by atoms with E-state index in [1.165, 1.54) is 12.0 Å². The molecule has 0 radical (unpaired) electrons. The third kappa shape index (κ3) is 5.23. The molecule has 1 rings (SSSR count). The van der Waals surface area contributed by atoms with E-state index in [9.17, 15) is 0 Å². The van der Waals surface area contributed by atoms with Crippen LogP contribution in [0.4, 0.5) is 0 Å². The average molecular weight is 263 g/mol. The van der Waals surface area contributed by atoms with E-state index in [4.69, 9.17) is 4.74 Å². The topological polar surface area (TPSA) is 12.5 Å². The van der Waals surface area contributed by atoms with Crippen molar-refractivity contribution in [2.75, 3.05) is 20.6 Å². The predicted octanol–water partition coefficient (Wildman–Crippen LogP) is 4.17. The first-order valence-corrected chi connectivity index (χ1v) is 7.35. The maximum atomic E-state index is 5.80. The van der Waals surface area contributed by atoms with Gasteiger partial charge in [-0.1, -0.05) is 26.0 Å². The Hall–Kier alpha value is -1.02. The molecule has 2 heteroatoms. The van der Waals surface area contributed by atoms with Crippen molar-refractivity contribution in [2.45, 2.75) is 46.1 Å². The summed E-state index contributed by atoms with van der Waals surface area (Å²) in [6, 6.07) is 8.60. The van der Waals surface area contributed by atoms with Crippen molar-refractivity contribution >= 4 is 0 Å². The maximum absolute atomic E-state index is 5.80. The van der Waals surface area contributed by atoms with Crippen LogP contribution in [0, 0.1) is 5.92 Å². The first-order valence-electron chi connectivity index (χ1n) is 7.35. The van der Waals surface area contributed by atoms with Crippen LogP contribution in [0.3, 0.4) is 0 Å². The molecule has 0 aliphatic rings. The van der Waals surface area contributed by atoms with Gasteiger partial charge in [0.1, 0.15) is 5.75 Å². The van der Waals surface area contributed by atoms with E-state index in [2.05, 4.69) is 64.9 Å². The number of hydrogen-bond donors (Lipinski definition) is 0. The summed E-state index contributed by atoms with van der Waals surface area (Å²) in [5.41, 5.74) is 1.40. The van der Waals surface area contributed by atoms with Gasteiger partial charge in [-0.25, -0.2) is 0 Å². The van der Waals surface area contributed by atoms with Gasteiger partial charge < -0.3 is 9.64 Å². The zero-order chi connectivity index (χ0) is 14.4. The molecular formula is C17H29NO. The smallest absolute Gasteiger partial charge is 0.119 e. The van der Waals surface area contributed by atoms with Crippen molar-refractivity contribution in [3.8, 4) is 5.75 Å². The Labute approximate surface area is 118 Å². The lowest BCUT2D eigenvalue weighted by molar-refractivity contribution is 0.241. The molecule has 19 heavy (non-hydrogen) atoms. The molecule has 0 aromatic heterocycles. The second kappa shape index (κ2) is 7.54. The third-order valence-electron chi connectivity index (χ3n) is 3.44. The lowest BCUT2D eigenvalue weighted by Gasteiger charge is -2.26. The van der Waals surface area contributed by atoms with Crippen molar-refractivity contribution in [3.63, 3.8) is 0 Å². The quantitative estimate of drug-likeness (QED) is 0.732. The summed E-state index contributed by atoms with van der Waals surface area (Å²) >= 11 is 0. The Morgan fingerprint density at radius 3 is 2.37 bits per heavy atom. The van der Waals surface area contributed by atoms with Crippen LogP contribution >= 0.6 is 0 Å². The summed E-state index contributed by atoms with van der Waals surface area (Å²) < 4.78 is 5.80. The van der Waals surface area contributed by atoms with Gasteiger partial charge in [0, 0.05) is 6.54 Å². The zero-order valence-corrected chi connectivity index (χ0v) is 13.3. The molecule has 1 aromatic rings. The first kappa shape index (κ1) is 16.0. The maximum Gasteiger partial charge on any atom is 0.119 e. The Balaban J connectivity index is 2.85. The Morgan fingerprint density at radius 2 is 1.84 bits per heavy atom. The van der Waals surface area contributed by atoms with E-state index < -0.39 is 0 Å². The van der Waals surface area contributed by atoms with Crippen LogP contribution in [-0.4, -0.2) is 31.6 Å². The molecule has 2 atom stereocenters. The molecule has 0 heterocycles. The second-order valence-electron chi connectivity index (χ2n) is 5.99. The van der Waals surface area contributed by atoms with E-state index in [1.54, 1.807) is 0 Å². The highest BCUT2D eigenvalue weighted by molar-refractivity contribution is 5.31. The lowest BCUT2D eigenvalue weighted by atomic mass is 9.85. The van der Waals surface area contributed by atoms with E-state index in [0.717, 1.165) is 12.3 Å². The van der Waals surface area contributed by atoms with Gasteiger partial charge in [-0.2, -0.15) is 0 Å². The molecule has 1 aromatic carbocycles. The van der Waals surface area contributed by atoms with Gasteiger partial charge in [-0.3, -0.25) is 0 Å². The summed E-state index contributed by atoms with van der Waals surface area (Å²) in [7, 11) is 4.28. The van der Waals surface area contributed by atoms with Crippen LogP contribution in [0.5, 0.6) is 5.75 Å². The van der Waals surface area contributed by atoms with Gasteiger partial charge in [-0.05, 0) is 63.9 Å². The van der Waals surface area contributed by atoms with E-state index in [-0.39, 0.29) is 6.10 Å². The summed E-state index contributed by atoms with van der Waals surface area (Å²) in [4.78, 5) is 2.27. The van der Waals surface area contributed by atoms with Crippen molar-refractivity contribution < 1.29 is 4.74 Å². The molecule has 0 fully saturated rings. The molecular weight excluding hydrogens is 234 g/mol. The van der Waals surface area contributed by atoms with Crippen molar-refractivity contribution in [2.24, 2.45) is 5.92 Å². The Bertz CT molecular complexity index is 373. The monoisotopic (exact) mass is 263 g/mol. The fourth-order valence-corrected chi connectivity index (χ4v) is 2.76. The van der Waals surface area contributed by atoms with E-state index in [0.29, 0.717) is 11.8 Å². The van der Waals surface area contributed by atoms with Crippen LogP contribution in [0.2, 0.25) is 0 Å². The van der Waals surface area contributed by atoms with E-state index >= 15 is 0 Å². The van der Waals surface area contributed by atoms with Gasteiger partial charge in [-0.15, -0.1) is 0 Å². The predicted molar refractivity (Wildman–Crippen MR) is 83.0 cm³/mol. The van der Waals surface area contributed by atoms with Gasteiger partial charge in [0.25, 0.3) is 0 Å². The van der Waals surface area contributed by atoms with Crippen LogP contribution in [0.25, 0.3) is 0 Å². The molecule has 2 nitrogen and oxygen atoms in total.